The molecule has 0 bridgehead atoms. The fourth-order valence-electron chi connectivity index (χ4n) is 4.25. The van der Waals surface area contributed by atoms with Crippen LogP contribution in [0.4, 0.5) is 0 Å². The van der Waals surface area contributed by atoms with Gasteiger partial charge in [0, 0.05) is 12.2 Å². The first-order chi connectivity index (χ1) is 14.6. The van der Waals surface area contributed by atoms with Crippen molar-refractivity contribution < 1.29 is 27.2 Å². The summed E-state index contributed by atoms with van der Waals surface area (Å²) in [4.78, 5) is 0.118. The second-order valence-electron chi connectivity index (χ2n) is 8.66. The van der Waals surface area contributed by atoms with Crippen LogP contribution in [0.25, 0.3) is 0 Å². The van der Waals surface area contributed by atoms with Gasteiger partial charge < -0.3 is 14.6 Å². The molecule has 31 heavy (non-hydrogen) atoms. The monoisotopic (exact) mass is 490 g/mol. The summed E-state index contributed by atoms with van der Waals surface area (Å²) in [6.07, 6.45) is 4.69. The smallest absolute Gasteiger partial charge is 0.297 e. The maximum absolute atomic E-state index is 12.7. The zero-order valence-electron chi connectivity index (χ0n) is 18.6. The molecule has 1 aromatic carbocycles. The number of aryl methyl sites for hydroxylation is 1. The van der Waals surface area contributed by atoms with Gasteiger partial charge in [-0.05, 0) is 51.7 Å². The normalized spacial score (nSPS) is 25.9. The van der Waals surface area contributed by atoms with E-state index in [1.807, 2.05) is 13.8 Å². The van der Waals surface area contributed by atoms with Gasteiger partial charge in [0.2, 0.25) is 0 Å². The van der Waals surface area contributed by atoms with Crippen molar-refractivity contribution in [3.63, 3.8) is 0 Å². The van der Waals surface area contributed by atoms with E-state index in [4.69, 9.17) is 13.7 Å². The van der Waals surface area contributed by atoms with Crippen molar-refractivity contribution in [2.45, 2.75) is 80.3 Å². The van der Waals surface area contributed by atoms with E-state index in [0.29, 0.717) is 32.5 Å². The average molecular weight is 491 g/mol. The van der Waals surface area contributed by atoms with Crippen LogP contribution in [0.2, 0.25) is 0 Å². The number of hydrogen-bond acceptors (Lipinski definition) is 8. The topological polar surface area (TPSA) is 82.1 Å². The maximum Gasteiger partial charge on any atom is 0.297 e. The lowest BCUT2D eigenvalue weighted by atomic mass is 9.77. The largest absolute Gasteiger partial charge is 0.389 e. The number of hydrogen-bond donors (Lipinski definition) is 1. The first-order valence-corrected chi connectivity index (χ1v) is 14.6. The highest BCUT2D eigenvalue weighted by Gasteiger charge is 2.50. The molecular formula is C22H34O6S3. The van der Waals surface area contributed by atoms with Gasteiger partial charge in [0.05, 0.1) is 28.5 Å². The molecule has 0 spiro atoms. The number of ether oxygens (including phenoxy) is 2. The minimum absolute atomic E-state index is 0.118. The van der Waals surface area contributed by atoms with Crippen LogP contribution in [0.1, 0.15) is 57.9 Å². The van der Waals surface area contributed by atoms with Crippen LogP contribution >= 0.6 is 21.6 Å². The van der Waals surface area contributed by atoms with E-state index in [1.165, 1.54) is 0 Å². The summed E-state index contributed by atoms with van der Waals surface area (Å²) in [7, 11) is -0.359. The molecule has 0 saturated carbocycles. The van der Waals surface area contributed by atoms with E-state index in [1.54, 1.807) is 45.9 Å². The van der Waals surface area contributed by atoms with Gasteiger partial charge in [0.1, 0.15) is 6.61 Å². The molecule has 3 rings (SSSR count). The summed E-state index contributed by atoms with van der Waals surface area (Å²) in [6, 6.07) is 6.57. The second-order valence-corrected chi connectivity index (χ2v) is 13.1. The van der Waals surface area contributed by atoms with E-state index in [9.17, 15) is 13.5 Å². The molecule has 0 aromatic heterocycles. The molecule has 0 radical (unpaired) electrons. The number of benzene rings is 1. The highest BCUT2D eigenvalue weighted by atomic mass is 33.1. The molecule has 6 nitrogen and oxygen atoms in total. The lowest BCUT2D eigenvalue weighted by molar-refractivity contribution is -0.184. The minimum atomic E-state index is -3.92. The highest BCUT2D eigenvalue weighted by Crippen LogP contribution is 2.55. The molecule has 2 heterocycles. The molecular weight excluding hydrogens is 456 g/mol. The Morgan fingerprint density at radius 1 is 1.19 bits per heavy atom. The van der Waals surface area contributed by atoms with Crippen LogP contribution in [0.3, 0.4) is 0 Å². The van der Waals surface area contributed by atoms with Gasteiger partial charge >= 0.3 is 0 Å². The lowest BCUT2D eigenvalue weighted by Gasteiger charge is -2.48. The maximum atomic E-state index is 12.7. The molecule has 2 atom stereocenters. The van der Waals surface area contributed by atoms with Crippen LogP contribution in [-0.2, 0) is 23.8 Å². The number of rotatable bonds is 10. The van der Waals surface area contributed by atoms with Crippen molar-refractivity contribution in [3.05, 3.63) is 29.8 Å². The standard InChI is InChI=1S/C22H34O6S3/c1-4-10-20(3,23)21(11-5-16-29-30-21)12-13-22(26-14-15-27-22)17-28-31(24,25)19-8-6-18(2)7-9-19/h6-9,23H,4-5,10-17H2,1-3H3. The Balaban J connectivity index is 1.72. The van der Waals surface area contributed by atoms with E-state index in [-0.39, 0.29) is 16.2 Å². The van der Waals surface area contributed by atoms with Gasteiger partial charge in [-0.1, -0.05) is 52.6 Å². The first kappa shape index (κ1) is 25.3. The molecule has 2 saturated heterocycles. The van der Waals surface area contributed by atoms with E-state index < -0.39 is 21.5 Å². The zero-order valence-corrected chi connectivity index (χ0v) is 21.0. The lowest BCUT2D eigenvalue weighted by Crippen LogP contribution is -2.52. The predicted molar refractivity (Wildman–Crippen MR) is 126 cm³/mol. The Hall–Kier alpha value is -0.290. The molecule has 0 amide bonds. The third kappa shape index (κ3) is 5.99. The summed E-state index contributed by atoms with van der Waals surface area (Å²) < 4.78 is 42.2. The molecule has 2 aliphatic heterocycles. The first-order valence-electron chi connectivity index (χ1n) is 10.9. The molecule has 9 heteroatoms. The van der Waals surface area contributed by atoms with Crippen LogP contribution in [0.5, 0.6) is 0 Å². The predicted octanol–water partition coefficient (Wildman–Crippen LogP) is 4.69. The van der Waals surface area contributed by atoms with Crippen LogP contribution in [0.15, 0.2) is 29.2 Å². The van der Waals surface area contributed by atoms with Crippen molar-refractivity contribution >= 4 is 31.7 Å². The van der Waals surface area contributed by atoms with Crippen molar-refractivity contribution in [2.24, 2.45) is 0 Å². The summed E-state index contributed by atoms with van der Waals surface area (Å²) >= 11 is 0. The van der Waals surface area contributed by atoms with Crippen molar-refractivity contribution in [1.82, 2.24) is 0 Å². The van der Waals surface area contributed by atoms with Crippen LogP contribution < -0.4 is 0 Å². The molecule has 2 fully saturated rings. The number of aliphatic hydroxyl groups is 1. The van der Waals surface area contributed by atoms with Crippen molar-refractivity contribution in [1.29, 1.82) is 0 Å². The van der Waals surface area contributed by atoms with Crippen LogP contribution in [0, 0.1) is 6.92 Å². The molecule has 1 aromatic rings. The third-order valence-electron chi connectivity index (χ3n) is 6.21. The van der Waals surface area contributed by atoms with Crippen molar-refractivity contribution in [2.75, 3.05) is 25.6 Å². The summed E-state index contributed by atoms with van der Waals surface area (Å²) in [5.41, 5.74) is 0.152. The molecule has 2 aliphatic rings. The Morgan fingerprint density at radius 3 is 2.45 bits per heavy atom. The van der Waals surface area contributed by atoms with Gasteiger partial charge in [-0.25, -0.2) is 0 Å². The van der Waals surface area contributed by atoms with Crippen LogP contribution in [-0.4, -0.2) is 55.2 Å². The molecule has 2 unspecified atom stereocenters. The summed E-state index contributed by atoms with van der Waals surface area (Å²) in [5.74, 6) is -0.0413. The fourth-order valence-corrected chi connectivity index (χ4v) is 8.78. The Kier molecular flexibility index (Phi) is 8.44. The van der Waals surface area contributed by atoms with E-state index in [2.05, 4.69) is 6.92 Å². The van der Waals surface area contributed by atoms with E-state index in [0.717, 1.165) is 30.6 Å². The molecule has 176 valence electrons. The Labute approximate surface area is 194 Å². The van der Waals surface area contributed by atoms with Crippen molar-refractivity contribution in [3.8, 4) is 0 Å². The zero-order chi connectivity index (χ0) is 22.6. The molecule has 0 aliphatic carbocycles. The van der Waals surface area contributed by atoms with Gasteiger partial charge in [0.25, 0.3) is 10.1 Å². The average Bonchev–Trinajstić information content (AvgIpc) is 3.21. The summed E-state index contributed by atoms with van der Waals surface area (Å²) in [6.45, 7) is 6.50. The Morgan fingerprint density at radius 2 is 1.87 bits per heavy atom. The Bertz CT molecular complexity index is 810. The van der Waals surface area contributed by atoms with Gasteiger partial charge in [-0.2, -0.15) is 8.42 Å². The SMILES string of the molecule is CCCC(C)(O)C1(CCC2(COS(=O)(=O)c3ccc(C)cc3)OCCO2)CCCSS1. The highest BCUT2D eigenvalue weighted by molar-refractivity contribution is 8.77. The summed E-state index contributed by atoms with van der Waals surface area (Å²) in [5, 5.41) is 11.3. The molecule has 1 N–H and O–H groups in total. The quantitative estimate of drug-likeness (QED) is 0.374. The third-order valence-corrected chi connectivity index (χ3v) is 11.0. The fraction of sp³-hybridized carbons (Fsp3) is 0.727. The van der Waals surface area contributed by atoms with Gasteiger partial charge in [-0.15, -0.1) is 0 Å². The minimum Gasteiger partial charge on any atom is -0.389 e. The van der Waals surface area contributed by atoms with Gasteiger partial charge in [-0.3, -0.25) is 4.18 Å². The second kappa shape index (κ2) is 10.3. The van der Waals surface area contributed by atoms with Gasteiger partial charge in [0.15, 0.2) is 5.79 Å². The van der Waals surface area contributed by atoms with E-state index >= 15 is 0 Å².